The van der Waals surface area contributed by atoms with Crippen LogP contribution < -0.4 is 10.1 Å². The lowest BCUT2D eigenvalue weighted by molar-refractivity contribution is 0.188. The topological polar surface area (TPSA) is 72.3 Å². The molecule has 7 heteroatoms. The van der Waals surface area contributed by atoms with Crippen LogP contribution in [0.5, 0.6) is 5.75 Å². The van der Waals surface area contributed by atoms with Crippen molar-refractivity contribution in [2.45, 2.75) is 31.8 Å². The van der Waals surface area contributed by atoms with Crippen LogP contribution in [0.3, 0.4) is 0 Å². The molecule has 0 unspecified atom stereocenters. The number of carbonyl (C=O) groups is 1. The smallest absolute Gasteiger partial charge is 0.318 e. The van der Waals surface area contributed by atoms with Gasteiger partial charge in [-0.15, -0.1) is 10.2 Å². The van der Waals surface area contributed by atoms with Crippen molar-refractivity contribution in [2.24, 2.45) is 7.05 Å². The van der Waals surface area contributed by atoms with Gasteiger partial charge in [0.2, 0.25) is 0 Å². The van der Waals surface area contributed by atoms with Gasteiger partial charge >= 0.3 is 6.03 Å². The lowest BCUT2D eigenvalue weighted by atomic mass is 10.0. The van der Waals surface area contributed by atoms with Gasteiger partial charge in [-0.25, -0.2) is 4.79 Å². The lowest BCUT2D eigenvalue weighted by Gasteiger charge is -2.27. The van der Waals surface area contributed by atoms with Gasteiger partial charge in [-0.3, -0.25) is 0 Å². The summed E-state index contributed by atoms with van der Waals surface area (Å²) in [7, 11) is 3.53. The predicted molar refractivity (Wildman–Crippen MR) is 89.6 cm³/mol. The van der Waals surface area contributed by atoms with E-state index in [1.807, 2.05) is 47.7 Å². The van der Waals surface area contributed by atoms with Gasteiger partial charge in [0.05, 0.1) is 19.2 Å². The molecule has 1 aromatic heterocycles. The molecule has 0 saturated carbocycles. The van der Waals surface area contributed by atoms with E-state index < -0.39 is 0 Å². The molecule has 2 amide bonds. The van der Waals surface area contributed by atoms with E-state index >= 15 is 0 Å². The second kappa shape index (κ2) is 6.90. The molecular formula is C17H23N5O2. The maximum Gasteiger partial charge on any atom is 0.318 e. The molecule has 1 saturated heterocycles. The minimum absolute atomic E-state index is 0.0350. The molecule has 0 spiro atoms. The van der Waals surface area contributed by atoms with Crippen LogP contribution in [0.4, 0.5) is 4.79 Å². The number of hydrogen-bond donors (Lipinski definition) is 1. The molecular weight excluding hydrogens is 306 g/mol. The lowest BCUT2D eigenvalue weighted by Crippen LogP contribution is -2.41. The van der Waals surface area contributed by atoms with E-state index in [1.165, 1.54) is 0 Å². The van der Waals surface area contributed by atoms with E-state index in [0.717, 1.165) is 36.5 Å². The molecule has 1 fully saturated rings. The molecule has 128 valence electrons. The van der Waals surface area contributed by atoms with Crippen molar-refractivity contribution >= 4 is 6.03 Å². The van der Waals surface area contributed by atoms with Crippen LogP contribution in [0.15, 0.2) is 30.6 Å². The Morgan fingerprint density at radius 2 is 2.21 bits per heavy atom. The van der Waals surface area contributed by atoms with E-state index in [-0.39, 0.29) is 18.1 Å². The third-order valence-electron chi connectivity index (χ3n) is 4.49. The second-order valence-corrected chi connectivity index (χ2v) is 6.06. The largest absolute Gasteiger partial charge is 0.496 e. The first-order valence-electron chi connectivity index (χ1n) is 8.15. The fourth-order valence-electron chi connectivity index (χ4n) is 3.29. The average molecular weight is 329 g/mol. The molecule has 1 aromatic carbocycles. The number of benzene rings is 1. The fourth-order valence-corrected chi connectivity index (χ4v) is 3.29. The third-order valence-corrected chi connectivity index (χ3v) is 4.49. The molecule has 24 heavy (non-hydrogen) atoms. The molecule has 1 aliphatic heterocycles. The van der Waals surface area contributed by atoms with E-state index in [4.69, 9.17) is 4.74 Å². The summed E-state index contributed by atoms with van der Waals surface area (Å²) in [5.41, 5.74) is 1.05. The summed E-state index contributed by atoms with van der Waals surface area (Å²) in [5, 5.41) is 10.9. The van der Waals surface area contributed by atoms with Crippen molar-refractivity contribution in [1.82, 2.24) is 25.0 Å². The highest BCUT2D eigenvalue weighted by molar-refractivity contribution is 5.75. The average Bonchev–Trinajstić information content (AvgIpc) is 3.23. The minimum Gasteiger partial charge on any atom is -0.496 e. The summed E-state index contributed by atoms with van der Waals surface area (Å²) in [6.45, 7) is 2.65. The number of rotatable bonds is 4. The van der Waals surface area contributed by atoms with E-state index in [1.54, 1.807) is 13.4 Å². The number of urea groups is 1. The quantitative estimate of drug-likeness (QED) is 0.935. The summed E-state index contributed by atoms with van der Waals surface area (Å²) in [6.07, 6.45) is 3.55. The number of para-hydroxylation sites is 1. The van der Waals surface area contributed by atoms with E-state index in [0.29, 0.717) is 0 Å². The predicted octanol–water partition coefficient (Wildman–Crippen LogP) is 2.43. The summed E-state index contributed by atoms with van der Waals surface area (Å²) in [4.78, 5) is 14.6. The molecule has 0 bridgehead atoms. The highest BCUT2D eigenvalue weighted by Gasteiger charge is 2.32. The Balaban J connectivity index is 1.75. The number of likely N-dealkylation sites (tertiary alicyclic amines) is 1. The number of nitrogens with zero attached hydrogens (tertiary/aromatic N) is 4. The van der Waals surface area contributed by atoms with Crippen molar-refractivity contribution < 1.29 is 9.53 Å². The van der Waals surface area contributed by atoms with Crippen LogP contribution in [0, 0.1) is 0 Å². The molecule has 1 N–H and O–H groups in total. The van der Waals surface area contributed by atoms with Crippen molar-refractivity contribution in [3.8, 4) is 5.75 Å². The number of hydrogen-bond acceptors (Lipinski definition) is 4. The Labute approximate surface area is 141 Å². The Morgan fingerprint density at radius 1 is 1.42 bits per heavy atom. The Hall–Kier alpha value is -2.57. The molecule has 7 nitrogen and oxygen atoms in total. The molecule has 0 radical (unpaired) electrons. The first-order valence-corrected chi connectivity index (χ1v) is 8.15. The van der Waals surface area contributed by atoms with E-state index in [2.05, 4.69) is 15.5 Å². The molecule has 3 rings (SSSR count). The maximum atomic E-state index is 12.8. The van der Waals surface area contributed by atoms with Crippen LogP contribution >= 0.6 is 0 Å². The number of nitrogens with one attached hydrogen (secondary N) is 1. The van der Waals surface area contributed by atoms with Crippen molar-refractivity contribution in [3.05, 3.63) is 42.0 Å². The zero-order chi connectivity index (χ0) is 17.1. The van der Waals surface area contributed by atoms with Gasteiger partial charge in [0.25, 0.3) is 0 Å². The van der Waals surface area contributed by atoms with Gasteiger partial charge in [-0.05, 0) is 25.8 Å². The van der Waals surface area contributed by atoms with Gasteiger partial charge < -0.3 is 19.5 Å². The number of aromatic nitrogens is 3. The number of carbonyl (C=O) groups excluding carboxylic acids is 1. The van der Waals surface area contributed by atoms with Gasteiger partial charge in [0, 0.05) is 19.2 Å². The summed E-state index contributed by atoms with van der Waals surface area (Å²) in [6, 6.07) is 7.63. The van der Waals surface area contributed by atoms with Gasteiger partial charge in [-0.2, -0.15) is 0 Å². The number of ether oxygens (including phenoxy) is 1. The SMILES string of the molecule is COc1ccccc1[C@H]1CCCN1C(=O)N[C@H](C)c1nncn1C. The number of amides is 2. The number of methoxy groups -OCH3 is 1. The van der Waals surface area contributed by atoms with Crippen LogP contribution in [-0.2, 0) is 7.05 Å². The van der Waals surface area contributed by atoms with E-state index in [9.17, 15) is 4.79 Å². The standard InChI is InChI=1S/C17H23N5O2/c1-12(16-20-18-11-21(16)2)19-17(23)22-10-6-8-14(22)13-7-4-5-9-15(13)24-3/h4-5,7,9,11-12,14H,6,8,10H2,1-3H3,(H,19,23)/t12-,14-/m1/s1. The molecule has 2 aromatic rings. The van der Waals surface area contributed by atoms with Crippen LogP contribution in [-0.4, -0.2) is 39.4 Å². The highest BCUT2D eigenvalue weighted by atomic mass is 16.5. The van der Waals surface area contributed by atoms with Gasteiger partial charge in [-0.1, -0.05) is 18.2 Å². The van der Waals surface area contributed by atoms with Crippen LogP contribution in [0.2, 0.25) is 0 Å². The normalized spacial score (nSPS) is 18.5. The van der Waals surface area contributed by atoms with Gasteiger partial charge in [0.15, 0.2) is 5.82 Å². The zero-order valence-electron chi connectivity index (χ0n) is 14.3. The Kier molecular flexibility index (Phi) is 4.69. The van der Waals surface area contributed by atoms with Gasteiger partial charge in [0.1, 0.15) is 12.1 Å². The first-order chi connectivity index (χ1) is 11.6. The highest BCUT2D eigenvalue weighted by Crippen LogP contribution is 2.36. The van der Waals surface area contributed by atoms with Crippen molar-refractivity contribution in [1.29, 1.82) is 0 Å². The molecule has 2 heterocycles. The monoisotopic (exact) mass is 329 g/mol. The first kappa shape index (κ1) is 16.3. The minimum atomic E-state index is -0.205. The Bertz CT molecular complexity index is 715. The van der Waals surface area contributed by atoms with Crippen molar-refractivity contribution in [3.63, 3.8) is 0 Å². The molecule has 2 atom stereocenters. The second-order valence-electron chi connectivity index (χ2n) is 6.06. The fraction of sp³-hybridized carbons (Fsp3) is 0.471. The third kappa shape index (κ3) is 3.06. The van der Waals surface area contributed by atoms with Crippen LogP contribution in [0.1, 0.15) is 43.2 Å². The molecule has 0 aliphatic carbocycles. The summed E-state index contributed by atoms with van der Waals surface area (Å²) in [5.74, 6) is 1.56. The van der Waals surface area contributed by atoms with Crippen molar-refractivity contribution in [2.75, 3.05) is 13.7 Å². The Morgan fingerprint density at radius 3 is 2.92 bits per heavy atom. The number of aryl methyl sites for hydroxylation is 1. The zero-order valence-corrected chi connectivity index (χ0v) is 14.3. The summed E-state index contributed by atoms with van der Waals surface area (Å²) >= 11 is 0. The van der Waals surface area contributed by atoms with Crippen LogP contribution in [0.25, 0.3) is 0 Å². The maximum absolute atomic E-state index is 12.8. The molecule has 1 aliphatic rings. The summed E-state index contributed by atoms with van der Waals surface area (Å²) < 4.78 is 7.27.